The van der Waals surface area contributed by atoms with Crippen LogP contribution >= 0.6 is 11.8 Å². The van der Waals surface area contributed by atoms with E-state index >= 15 is 0 Å². The number of nitrogens with one attached hydrogen (secondary N) is 1. The number of thioether (sulfide) groups is 1. The van der Waals surface area contributed by atoms with Gasteiger partial charge in [-0.05, 0) is 56.7 Å². The van der Waals surface area contributed by atoms with E-state index in [1.54, 1.807) is 0 Å². The highest BCUT2D eigenvalue weighted by Gasteiger charge is 2.24. The number of aromatic nitrogens is 1. The molecule has 2 heterocycles. The van der Waals surface area contributed by atoms with Crippen LogP contribution in [0.1, 0.15) is 51.1 Å². The smallest absolute Gasteiger partial charge is 0.224 e. The SMILES string of the molecule is CCCCSCCC(=O)N(Cc1ccccn1)C1CCCNCC1. The van der Waals surface area contributed by atoms with Crippen molar-refractivity contribution in [1.82, 2.24) is 15.2 Å². The minimum absolute atomic E-state index is 0.288. The van der Waals surface area contributed by atoms with Gasteiger partial charge >= 0.3 is 0 Å². The molecule has 0 aromatic carbocycles. The maximum atomic E-state index is 12.9. The van der Waals surface area contributed by atoms with Gasteiger partial charge in [-0.25, -0.2) is 0 Å². The van der Waals surface area contributed by atoms with Gasteiger partial charge in [-0.2, -0.15) is 11.8 Å². The Balaban J connectivity index is 1.94. The van der Waals surface area contributed by atoms with E-state index in [1.165, 1.54) is 12.8 Å². The molecule has 0 saturated carbocycles. The van der Waals surface area contributed by atoms with Crippen LogP contribution in [0.3, 0.4) is 0 Å². The molecule has 0 spiro atoms. The van der Waals surface area contributed by atoms with Crippen molar-refractivity contribution in [2.45, 2.75) is 58.0 Å². The zero-order valence-corrected chi connectivity index (χ0v) is 15.7. The minimum Gasteiger partial charge on any atom is -0.334 e. The fourth-order valence-corrected chi connectivity index (χ4v) is 4.07. The van der Waals surface area contributed by atoms with E-state index in [0.717, 1.165) is 49.6 Å². The van der Waals surface area contributed by atoms with Gasteiger partial charge in [-0.3, -0.25) is 9.78 Å². The Kier molecular flexibility index (Phi) is 9.21. The van der Waals surface area contributed by atoms with Crippen LogP contribution in [0.4, 0.5) is 0 Å². The fourth-order valence-electron chi connectivity index (χ4n) is 3.05. The molecule has 134 valence electrons. The topological polar surface area (TPSA) is 45.2 Å². The Bertz CT molecular complexity index is 461. The van der Waals surface area contributed by atoms with E-state index < -0.39 is 0 Å². The molecule has 24 heavy (non-hydrogen) atoms. The molecular weight excluding hydrogens is 318 g/mol. The molecule has 1 N–H and O–H groups in total. The van der Waals surface area contributed by atoms with Gasteiger partial charge in [-0.1, -0.05) is 19.4 Å². The molecule has 1 amide bonds. The molecule has 1 fully saturated rings. The summed E-state index contributed by atoms with van der Waals surface area (Å²) in [6.45, 7) is 4.92. The number of rotatable bonds is 9. The van der Waals surface area contributed by atoms with Crippen LogP contribution < -0.4 is 5.32 Å². The lowest BCUT2D eigenvalue weighted by Gasteiger charge is -2.31. The normalized spacial score (nSPS) is 18.1. The summed E-state index contributed by atoms with van der Waals surface area (Å²) in [6.07, 6.45) is 8.20. The van der Waals surface area contributed by atoms with E-state index in [-0.39, 0.29) is 5.91 Å². The van der Waals surface area contributed by atoms with E-state index in [9.17, 15) is 4.79 Å². The maximum Gasteiger partial charge on any atom is 0.224 e. The van der Waals surface area contributed by atoms with Crippen molar-refractivity contribution >= 4 is 17.7 Å². The first-order chi connectivity index (χ1) is 11.8. The first-order valence-electron chi connectivity index (χ1n) is 9.29. The molecule has 1 aromatic rings. The van der Waals surface area contributed by atoms with Crippen LogP contribution in [-0.2, 0) is 11.3 Å². The van der Waals surface area contributed by atoms with Crippen LogP contribution in [0.15, 0.2) is 24.4 Å². The first kappa shape index (κ1) is 19.3. The predicted molar refractivity (Wildman–Crippen MR) is 102 cm³/mol. The lowest BCUT2D eigenvalue weighted by Crippen LogP contribution is -2.40. The lowest BCUT2D eigenvalue weighted by molar-refractivity contribution is -0.134. The molecule has 1 aliphatic heterocycles. The van der Waals surface area contributed by atoms with Gasteiger partial charge in [0.25, 0.3) is 0 Å². The van der Waals surface area contributed by atoms with Crippen LogP contribution in [0.5, 0.6) is 0 Å². The number of carbonyl (C=O) groups is 1. The Morgan fingerprint density at radius 3 is 3.04 bits per heavy atom. The number of amides is 1. The molecule has 4 nitrogen and oxygen atoms in total. The average molecular weight is 350 g/mol. The Morgan fingerprint density at radius 2 is 2.25 bits per heavy atom. The first-order valence-corrected chi connectivity index (χ1v) is 10.4. The molecular formula is C19H31N3OS. The summed E-state index contributed by atoms with van der Waals surface area (Å²) >= 11 is 1.91. The monoisotopic (exact) mass is 349 g/mol. The third-order valence-electron chi connectivity index (χ3n) is 4.47. The number of pyridine rings is 1. The quantitative estimate of drug-likeness (QED) is 0.693. The van der Waals surface area contributed by atoms with Gasteiger partial charge < -0.3 is 10.2 Å². The Morgan fingerprint density at radius 1 is 1.33 bits per heavy atom. The van der Waals surface area contributed by atoms with Crippen molar-refractivity contribution in [2.24, 2.45) is 0 Å². The summed E-state index contributed by atoms with van der Waals surface area (Å²) in [4.78, 5) is 19.4. The maximum absolute atomic E-state index is 12.9. The standard InChI is InChI=1S/C19H31N3OS/c1-2-3-14-24-15-10-19(23)22(16-17-7-4-5-12-21-17)18-8-6-11-20-13-9-18/h4-5,7,12,18,20H,2-3,6,8-11,13-16H2,1H3. The minimum atomic E-state index is 0.288. The predicted octanol–water partition coefficient (Wildman–Crippen LogP) is 3.48. The second-order valence-electron chi connectivity index (χ2n) is 6.39. The van der Waals surface area contributed by atoms with Crippen molar-refractivity contribution in [3.05, 3.63) is 30.1 Å². The second-order valence-corrected chi connectivity index (χ2v) is 7.62. The van der Waals surface area contributed by atoms with Crippen LogP contribution in [-0.4, -0.2) is 46.4 Å². The molecule has 1 aromatic heterocycles. The zero-order chi connectivity index (χ0) is 17.0. The molecule has 5 heteroatoms. The largest absolute Gasteiger partial charge is 0.334 e. The number of hydrogen-bond acceptors (Lipinski definition) is 4. The summed E-state index contributed by atoms with van der Waals surface area (Å²) in [5.41, 5.74) is 0.988. The molecule has 2 rings (SSSR count). The van der Waals surface area contributed by atoms with Crippen molar-refractivity contribution < 1.29 is 4.79 Å². The number of nitrogens with zero attached hydrogens (tertiary/aromatic N) is 2. The van der Waals surface area contributed by atoms with Gasteiger partial charge in [0.1, 0.15) is 0 Å². The fraction of sp³-hybridized carbons (Fsp3) is 0.684. The molecule has 0 bridgehead atoms. The summed E-state index contributed by atoms with van der Waals surface area (Å²) in [5, 5.41) is 3.44. The van der Waals surface area contributed by atoms with E-state index in [4.69, 9.17) is 0 Å². The Labute approximate surface area is 150 Å². The highest BCUT2D eigenvalue weighted by Crippen LogP contribution is 2.18. The number of hydrogen-bond donors (Lipinski definition) is 1. The van der Waals surface area contributed by atoms with Gasteiger partial charge in [-0.15, -0.1) is 0 Å². The highest BCUT2D eigenvalue weighted by atomic mass is 32.2. The summed E-state index contributed by atoms with van der Waals surface area (Å²) < 4.78 is 0. The van der Waals surface area contributed by atoms with Crippen molar-refractivity contribution in [3.63, 3.8) is 0 Å². The molecule has 1 aliphatic rings. The van der Waals surface area contributed by atoms with E-state index in [2.05, 4.69) is 22.1 Å². The Hall–Kier alpha value is -1.07. The van der Waals surface area contributed by atoms with E-state index in [1.807, 2.05) is 36.2 Å². The molecule has 1 atom stereocenters. The summed E-state index contributed by atoms with van der Waals surface area (Å²) in [6, 6.07) is 6.29. The average Bonchev–Trinajstić information content (AvgIpc) is 2.89. The van der Waals surface area contributed by atoms with Crippen molar-refractivity contribution in [2.75, 3.05) is 24.6 Å². The van der Waals surface area contributed by atoms with Gasteiger partial charge in [0.2, 0.25) is 5.91 Å². The number of carbonyl (C=O) groups excluding carboxylic acids is 1. The summed E-state index contributed by atoms with van der Waals surface area (Å²) in [5.74, 6) is 2.39. The van der Waals surface area contributed by atoms with Crippen LogP contribution in [0, 0.1) is 0 Å². The zero-order valence-electron chi connectivity index (χ0n) is 14.9. The number of unbranched alkanes of at least 4 members (excludes halogenated alkanes) is 1. The second kappa shape index (κ2) is 11.5. The van der Waals surface area contributed by atoms with Gasteiger partial charge in [0.15, 0.2) is 0 Å². The van der Waals surface area contributed by atoms with Crippen LogP contribution in [0.25, 0.3) is 0 Å². The van der Waals surface area contributed by atoms with Crippen LogP contribution in [0.2, 0.25) is 0 Å². The third-order valence-corrected chi connectivity index (χ3v) is 5.54. The summed E-state index contributed by atoms with van der Waals surface area (Å²) in [7, 11) is 0. The molecule has 1 unspecified atom stereocenters. The molecule has 1 saturated heterocycles. The molecule has 0 radical (unpaired) electrons. The van der Waals surface area contributed by atoms with Crippen molar-refractivity contribution in [3.8, 4) is 0 Å². The van der Waals surface area contributed by atoms with E-state index in [0.29, 0.717) is 19.0 Å². The third kappa shape index (κ3) is 6.81. The lowest BCUT2D eigenvalue weighted by atomic mass is 10.1. The highest BCUT2D eigenvalue weighted by molar-refractivity contribution is 7.99. The van der Waals surface area contributed by atoms with Gasteiger partial charge in [0, 0.05) is 24.4 Å². The van der Waals surface area contributed by atoms with Gasteiger partial charge in [0.05, 0.1) is 12.2 Å². The molecule has 0 aliphatic carbocycles. The van der Waals surface area contributed by atoms with Crippen molar-refractivity contribution in [1.29, 1.82) is 0 Å².